The molecule has 0 aliphatic carbocycles. The van der Waals surface area contributed by atoms with Crippen molar-refractivity contribution in [3.8, 4) is 0 Å². The fourth-order valence-corrected chi connectivity index (χ4v) is 5.41. The Hall–Kier alpha value is -1.83. The fraction of sp³-hybridized carbons (Fsp3) is 0.686. The lowest BCUT2D eigenvalue weighted by Gasteiger charge is -2.21. The molecule has 0 saturated carbocycles. The van der Waals surface area contributed by atoms with Crippen LogP contribution in [0.25, 0.3) is 0 Å². The zero-order valence-electron chi connectivity index (χ0n) is 24.5. The van der Waals surface area contributed by atoms with Gasteiger partial charge in [-0.2, -0.15) is 0 Å². The van der Waals surface area contributed by atoms with E-state index in [-0.39, 0.29) is 0 Å². The molecule has 2 nitrogen and oxygen atoms in total. The van der Waals surface area contributed by atoms with Crippen LogP contribution in [0.2, 0.25) is 0 Å². The monoisotopic (exact) mass is 506 g/mol. The molecule has 1 N–H and O–H groups in total. The molecule has 1 unspecified atom stereocenters. The molecule has 1 heterocycles. The first-order valence-corrected chi connectivity index (χ1v) is 16.0. The van der Waals surface area contributed by atoms with Crippen LogP contribution >= 0.6 is 0 Å². The highest BCUT2D eigenvalue weighted by molar-refractivity contribution is 5.45. The smallest absolute Gasteiger partial charge is 0.129 e. The van der Waals surface area contributed by atoms with Crippen LogP contribution in [0.4, 0.5) is 5.82 Å². The molecule has 2 rings (SSSR count). The molecule has 2 aromatic rings. The Morgan fingerprint density at radius 2 is 1.03 bits per heavy atom. The van der Waals surface area contributed by atoms with E-state index in [4.69, 9.17) is 0 Å². The number of benzene rings is 1. The van der Waals surface area contributed by atoms with Gasteiger partial charge in [0.25, 0.3) is 0 Å². The molecular formula is C35H58N2. The number of aryl methyl sites for hydroxylation is 1. The first-order valence-electron chi connectivity index (χ1n) is 16.0. The molecule has 1 aromatic carbocycles. The SMILES string of the molecule is CCCCCCCCCCCCCCCCCCCCCCC(Nc1ncccc1C)c1ccccc1. The van der Waals surface area contributed by atoms with Crippen molar-refractivity contribution < 1.29 is 0 Å². The minimum Gasteiger partial charge on any atom is -0.363 e. The van der Waals surface area contributed by atoms with E-state index in [9.17, 15) is 0 Å². The number of nitrogens with zero attached hydrogens (tertiary/aromatic N) is 1. The van der Waals surface area contributed by atoms with Gasteiger partial charge in [0, 0.05) is 6.20 Å². The number of aromatic nitrogens is 1. The normalized spacial score (nSPS) is 12.1. The zero-order valence-corrected chi connectivity index (χ0v) is 24.5. The molecule has 2 heteroatoms. The van der Waals surface area contributed by atoms with Gasteiger partial charge in [-0.1, -0.05) is 172 Å². The van der Waals surface area contributed by atoms with E-state index in [1.54, 1.807) is 0 Å². The molecule has 0 saturated heterocycles. The van der Waals surface area contributed by atoms with Gasteiger partial charge in [-0.15, -0.1) is 0 Å². The third-order valence-electron chi connectivity index (χ3n) is 7.87. The molecule has 0 aliphatic heterocycles. The summed E-state index contributed by atoms with van der Waals surface area (Å²) >= 11 is 0. The van der Waals surface area contributed by atoms with Crippen LogP contribution in [0.1, 0.15) is 159 Å². The summed E-state index contributed by atoms with van der Waals surface area (Å²) in [4.78, 5) is 4.57. The van der Waals surface area contributed by atoms with E-state index in [0.29, 0.717) is 6.04 Å². The van der Waals surface area contributed by atoms with E-state index in [2.05, 4.69) is 60.5 Å². The third kappa shape index (κ3) is 15.9. The second-order valence-electron chi connectivity index (χ2n) is 11.3. The maximum atomic E-state index is 4.57. The summed E-state index contributed by atoms with van der Waals surface area (Å²) in [7, 11) is 0. The first kappa shape index (κ1) is 31.4. The second-order valence-corrected chi connectivity index (χ2v) is 11.3. The predicted octanol–water partition coefficient (Wildman–Crippen LogP) is 11.8. The van der Waals surface area contributed by atoms with Gasteiger partial charge in [0.2, 0.25) is 0 Å². The molecular weight excluding hydrogens is 448 g/mol. The Morgan fingerprint density at radius 1 is 0.568 bits per heavy atom. The lowest BCUT2D eigenvalue weighted by Crippen LogP contribution is -2.12. The minimum absolute atomic E-state index is 0.338. The Kier molecular flexibility index (Phi) is 18.8. The minimum atomic E-state index is 0.338. The number of pyridine rings is 1. The van der Waals surface area contributed by atoms with E-state index >= 15 is 0 Å². The predicted molar refractivity (Wildman–Crippen MR) is 164 cm³/mol. The topological polar surface area (TPSA) is 24.9 Å². The van der Waals surface area contributed by atoms with Crippen molar-refractivity contribution in [1.29, 1.82) is 0 Å². The van der Waals surface area contributed by atoms with Crippen molar-refractivity contribution in [3.05, 3.63) is 59.8 Å². The highest BCUT2D eigenvalue weighted by Crippen LogP contribution is 2.26. The summed E-state index contributed by atoms with van der Waals surface area (Å²) in [6.45, 7) is 4.44. The Bertz CT molecular complexity index is 757. The molecule has 0 spiro atoms. The van der Waals surface area contributed by atoms with E-state index in [0.717, 1.165) is 5.82 Å². The summed E-state index contributed by atoms with van der Waals surface area (Å²) in [6, 6.07) is 15.4. The molecule has 37 heavy (non-hydrogen) atoms. The molecule has 0 amide bonds. The van der Waals surface area contributed by atoms with Crippen LogP contribution in [-0.2, 0) is 0 Å². The molecule has 0 bridgehead atoms. The lowest BCUT2D eigenvalue weighted by atomic mass is 9.99. The Morgan fingerprint density at radius 3 is 1.49 bits per heavy atom. The van der Waals surface area contributed by atoms with Crippen molar-refractivity contribution in [1.82, 2.24) is 4.98 Å². The van der Waals surface area contributed by atoms with Gasteiger partial charge in [-0.25, -0.2) is 4.98 Å². The number of hydrogen-bond acceptors (Lipinski definition) is 2. The zero-order chi connectivity index (χ0) is 26.2. The molecule has 1 atom stereocenters. The number of anilines is 1. The van der Waals surface area contributed by atoms with Gasteiger partial charge >= 0.3 is 0 Å². The van der Waals surface area contributed by atoms with Crippen molar-refractivity contribution in [2.75, 3.05) is 5.32 Å². The molecule has 0 radical (unpaired) electrons. The highest BCUT2D eigenvalue weighted by Gasteiger charge is 2.12. The van der Waals surface area contributed by atoms with Crippen LogP contribution in [-0.4, -0.2) is 4.98 Å². The molecule has 1 aromatic heterocycles. The van der Waals surface area contributed by atoms with Crippen LogP contribution in [0.15, 0.2) is 48.7 Å². The van der Waals surface area contributed by atoms with Crippen molar-refractivity contribution >= 4 is 5.82 Å². The van der Waals surface area contributed by atoms with Crippen LogP contribution in [0.5, 0.6) is 0 Å². The summed E-state index contributed by atoms with van der Waals surface area (Å²) in [6.07, 6.45) is 31.7. The highest BCUT2D eigenvalue weighted by atomic mass is 15.0. The quantitative estimate of drug-likeness (QED) is 0.143. The van der Waals surface area contributed by atoms with E-state index in [1.807, 2.05) is 12.3 Å². The van der Waals surface area contributed by atoms with Crippen molar-refractivity contribution in [2.24, 2.45) is 0 Å². The number of nitrogens with one attached hydrogen (secondary N) is 1. The Labute approximate surface area is 230 Å². The van der Waals surface area contributed by atoms with Crippen LogP contribution in [0.3, 0.4) is 0 Å². The van der Waals surface area contributed by atoms with Gasteiger partial charge in [0.15, 0.2) is 0 Å². The average molecular weight is 507 g/mol. The maximum absolute atomic E-state index is 4.57. The first-order chi connectivity index (χ1) is 18.3. The van der Waals surface area contributed by atoms with Crippen molar-refractivity contribution in [2.45, 2.75) is 155 Å². The van der Waals surface area contributed by atoms with E-state index in [1.165, 1.54) is 146 Å². The summed E-state index contributed by atoms with van der Waals surface area (Å²) in [5.41, 5.74) is 2.58. The van der Waals surface area contributed by atoms with Crippen LogP contribution < -0.4 is 5.32 Å². The van der Waals surface area contributed by atoms with Gasteiger partial charge in [-0.3, -0.25) is 0 Å². The fourth-order valence-electron chi connectivity index (χ4n) is 5.41. The van der Waals surface area contributed by atoms with Crippen LogP contribution in [0, 0.1) is 6.92 Å². The molecule has 0 aliphatic rings. The van der Waals surface area contributed by atoms with E-state index < -0.39 is 0 Å². The standard InChI is InChI=1S/C35H58N2/c1-3-4-5-6-7-8-9-10-11-12-13-14-15-16-17-18-19-20-21-25-30-34(33-28-23-22-24-29-33)37-35-32(2)27-26-31-36-35/h22-24,26-29,31,34H,3-21,25,30H2,1-2H3,(H,36,37). The molecule has 0 fully saturated rings. The third-order valence-corrected chi connectivity index (χ3v) is 7.87. The second kappa shape index (κ2) is 22.2. The lowest BCUT2D eigenvalue weighted by molar-refractivity contribution is 0.517. The molecule has 208 valence electrons. The van der Waals surface area contributed by atoms with Crippen molar-refractivity contribution in [3.63, 3.8) is 0 Å². The summed E-state index contributed by atoms with van der Waals surface area (Å²) in [5.74, 6) is 1.02. The number of rotatable bonds is 24. The van der Waals surface area contributed by atoms with Gasteiger partial charge in [0.1, 0.15) is 5.82 Å². The number of unbranched alkanes of at least 4 members (excludes halogenated alkanes) is 19. The summed E-state index contributed by atoms with van der Waals surface area (Å²) < 4.78 is 0. The van der Waals surface area contributed by atoms with Gasteiger partial charge in [-0.05, 0) is 30.5 Å². The Balaban J connectivity index is 1.41. The summed E-state index contributed by atoms with van der Waals surface area (Å²) in [5, 5.41) is 3.71. The number of hydrogen-bond donors (Lipinski definition) is 1. The van der Waals surface area contributed by atoms with Gasteiger partial charge in [0.05, 0.1) is 6.04 Å². The van der Waals surface area contributed by atoms with Gasteiger partial charge < -0.3 is 5.32 Å². The average Bonchev–Trinajstić information content (AvgIpc) is 2.93. The maximum Gasteiger partial charge on any atom is 0.129 e. The largest absolute Gasteiger partial charge is 0.363 e.